The molecule has 3 N–H and O–H groups in total. The lowest BCUT2D eigenvalue weighted by atomic mass is 10.0. The number of rotatable bonds is 4. The maximum absolute atomic E-state index is 11.4. The third-order valence-corrected chi connectivity index (χ3v) is 2.76. The number of fused-ring (bicyclic) bond motifs is 1. The van der Waals surface area contributed by atoms with Crippen LogP contribution in [0.4, 0.5) is 0 Å². The van der Waals surface area contributed by atoms with Gasteiger partial charge < -0.3 is 19.9 Å². The van der Waals surface area contributed by atoms with Crippen LogP contribution in [0.3, 0.4) is 0 Å². The normalized spacial score (nSPS) is 15.0. The van der Waals surface area contributed by atoms with Crippen molar-refractivity contribution in [1.29, 1.82) is 0 Å². The van der Waals surface area contributed by atoms with Crippen molar-refractivity contribution in [1.82, 2.24) is 0 Å². The summed E-state index contributed by atoms with van der Waals surface area (Å²) >= 11 is 0. The van der Waals surface area contributed by atoms with E-state index in [9.17, 15) is 4.79 Å². The largest absolute Gasteiger partial charge is 0.486 e. The summed E-state index contributed by atoms with van der Waals surface area (Å²) in [6.07, 6.45) is 0.271. The number of hydrogen-bond donors (Lipinski definition) is 1. The average Bonchev–Trinajstić information content (AvgIpc) is 2.38. The minimum atomic E-state index is -0.229. The molecule has 0 spiro atoms. The van der Waals surface area contributed by atoms with E-state index in [1.165, 1.54) is 0 Å². The van der Waals surface area contributed by atoms with Crippen LogP contribution >= 0.6 is 0 Å². The SMILES string of the molecule is CCOC(=O)C[C@@H]([NH3+])c1ccc2c(c1)OCCO2. The Morgan fingerprint density at radius 2 is 2.11 bits per heavy atom. The van der Waals surface area contributed by atoms with Crippen LogP contribution in [0.2, 0.25) is 0 Å². The predicted octanol–water partition coefficient (Wildman–Crippen LogP) is 0.694. The Morgan fingerprint density at radius 3 is 2.83 bits per heavy atom. The molecule has 0 saturated heterocycles. The van der Waals surface area contributed by atoms with Gasteiger partial charge >= 0.3 is 5.97 Å². The summed E-state index contributed by atoms with van der Waals surface area (Å²) in [6, 6.07) is 5.50. The number of esters is 1. The van der Waals surface area contributed by atoms with Crippen molar-refractivity contribution in [2.24, 2.45) is 0 Å². The maximum atomic E-state index is 11.4. The molecule has 18 heavy (non-hydrogen) atoms. The fourth-order valence-corrected chi connectivity index (χ4v) is 1.85. The van der Waals surface area contributed by atoms with Crippen molar-refractivity contribution >= 4 is 5.97 Å². The Kier molecular flexibility index (Phi) is 4.04. The standard InChI is InChI=1S/C13H17NO4/c1-2-16-13(15)8-10(14)9-3-4-11-12(7-9)18-6-5-17-11/h3-4,7,10H,2,5-6,8,14H2,1H3/p+1/t10-/m1/s1. The van der Waals surface area contributed by atoms with E-state index in [2.05, 4.69) is 5.73 Å². The average molecular weight is 252 g/mol. The Morgan fingerprint density at radius 1 is 1.39 bits per heavy atom. The first-order valence-corrected chi connectivity index (χ1v) is 6.09. The number of carbonyl (C=O) groups excluding carboxylic acids is 1. The summed E-state index contributed by atoms with van der Waals surface area (Å²) in [6.45, 7) is 3.31. The van der Waals surface area contributed by atoms with Crippen molar-refractivity contribution in [3.05, 3.63) is 23.8 Å². The third kappa shape index (κ3) is 2.92. The van der Waals surface area contributed by atoms with Gasteiger partial charge in [0.2, 0.25) is 0 Å². The molecule has 1 aliphatic rings. The Hall–Kier alpha value is -1.75. The number of quaternary nitrogens is 1. The first-order valence-electron chi connectivity index (χ1n) is 6.09. The zero-order chi connectivity index (χ0) is 13.0. The van der Waals surface area contributed by atoms with Crippen LogP contribution in [0.15, 0.2) is 18.2 Å². The van der Waals surface area contributed by atoms with E-state index < -0.39 is 0 Å². The lowest BCUT2D eigenvalue weighted by Gasteiger charge is -2.19. The van der Waals surface area contributed by atoms with Gasteiger partial charge in [-0.1, -0.05) is 0 Å². The lowest BCUT2D eigenvalue weighted by Crippen LogP contribution is -2.54. The number of carbonyl (C=O) groups is 1. The van der Waals surface area contributed by atoms with Crippen molar-refractivity contribution in [2.45, 2.75) is 19.4 Å². The minimum Gasteiger partial charge on any atom is -0.486 e. The second-order valence-corrected chi connectivity index (χ2v) is 4.11. The van der Waals surface area contributed by atoms with E-state index in [1.54, 1.807) is 6.92 Å². The second-order valence-electron chi connectivity index (χ2n) is 4.11. The fraction of sp³-hybridized carbons (Fsp3) is 0.462. The molecule has 5 heteroatoms. The van der Waals surface area contributed by atoms with Crippen molar-refractivity contribution in [2.75, 3.05) is 19.8 Å². The molecule has 0 saturated carbocycles. The Labute approximate surface area is 106 Å². The highest BCUT2D eigenvalue weighted by atomic mass is 16.6. The number of benzene rings is 1. The van der Waals surface area contributed by atoms with Gasteiger partial charge in [0.15, 0.2) is 11.5 Å². The Bertz CT molecular complexity index is 433. The molecule has 0 bridgehead atoms. The molecule has 1 aromatic rings. The summed E-state index contributed by atoms with van der Waals surface area (Å²) in [5.41, 5.74) is 4.93. The van der Waals surface area contributed by atoms with Gasteiger partial charge in [0, 0.05) is 5.56 Å². The van der Waals surface area contributed by atoms with E-state index in [1.807, 2.05) is 18.2 Å². The summed E-state index contributed by atoms with van der Waals surface area (Å²) in [4.78, 5) is 11.4. The van der Waals surface area contributed by atoms with Crippen LogP contribution in [0.1, 0.15) is 24.9 Å². The quantitative estimate of drug-likeness (QED) is 0.800. The van der Waals surface area contributed by atoms with Crippen molar-refractivity contribution < 1.29 is 24.7 Å². The lowest BCUT2D eigenvalue weighted by molar-refractivity contribution is -0.425. The van der Waals surface area contributed by atoms with Gasteiger partial charge in [0.1, 0.15) is 25.7 Å². The Balaban J connectivity index is 2.06. The van der Waals surface area contributed by atoms with Crippen LogP contribution in [0.25, 0.3) is 0 Å². The highest BCUT2D eigenvalue weighted by molar-refractivity contribution is 5.70. The van der Waals surface area contributed by atoms with Crippen LogP contribution in [-0.2, 0) is 9.53 Å². The molecule has 2 rings (SSSR count). The molecule has 0 aromatic heterocycles. The molecular formula is C13H18NO4+. The van der Waals surface area contributed by atoms with Gasteiger partial charge in [-0.25, -0.2) is 0 Å². The molecule has 0 fully saturated rings. The van der Waals surface area contributed by atoms with E-state index in [0.717, 1.165) is 17.1 Å². The highest BCUT2D eigenvalue weighted by Gasteiger charge is 2.19. The monoisotopic (exact) mass is 252 g/mol. The van der Waals surface area contributed by atoms with E-state index in [-0.39, 0.29) is 18.4 Å². The molecule has 98 valence electrons. The zero-order valence-electron chi connectivity index (χ0n) is 10.5. The third-order valence-electron chi connectivity index (χ3n) is 2.76. The first-order chi connectivity index (χ1) is 8.70. The smallest absolute Gasteiger partial charge is 0.312 e. The summed E-state index contributed by atoms with van der Waals surface area (Å²) in [7, 11) is 0. The fourth-order valence-electron chi connectivity index (χ4n) is 1.85. The molecule has 0 radical (unpaired) electrons. The summed E-state index contributed by atoms with van der Waals surface area (Å²) in [5, 5.41) is 0. The highest BCUT2D eigenvalue weighted by Crippen LogP contribution is 2.32. The molecule has 0 aliphatic carbocycles. The molecular weight excluding hydrogens is 234 g/mol. The molecule has 1 aromatic carbocycles. The van der Waals surface area contributed by atoms with Gasteiger partial charge in [-0.3, -0.25) is 4.79 Å². The maximum Gasteiger partial charge on any atom is 0.312 e. The molecule has 5 nitrogen and oxygen atoms in total. The summed E-state index contributed by atoms with van der Waals surface area (Å²) < 4.78 is 15.9. The molecule has 1 aliphatic heterocycles. The van der Waals surface area contributed by atoms with Crippen molar-refractivity contribution in [3.8, 4) is 11.5 Å². The van der Waals surface area contributed by atoms with E-state index >= 15 is 0 Å². The minimum absolute atomic E-state index is 0.139. The first kappa shape index (κ1) is 12.7. The van der Waals surface area contributed by atoms with Crippen molar-refractivity contribution in [3.63, 3.8) is 0 Å². The van der Waals surface area contributed by atoms with Gasteiger partial charge in [-0.05, 0) is 25.1 Å². The molecule has 1 atom stereocenters. The van der Waals surface area contributed by atoms with Gasteiger partial charge in [-0.15, -0.1) is 0 Å². The van der Waals surface area contributed by atoms with Gasteiger partial charge in [-0.2, -0.15) is 0 Å². The van der Waals surface area contributed by atoms with E-state index in [0.29, 0.717) is 19.8 Å². The van der Waals surface area contributed by atoms with Crippen LogP contribution < -0.4 is 15.2 Å². The number of hydrogen-bond acceptors (Lipinski definition) is 4. The summed E-state index contributed by atoms with van der Waals surface area (Å²) in [5.74, 6) is 1.23. The molecule has 0 amide bonds. The van der Waals surface area contributed by atoms with Gasteiger partial charge in [0.25, 0.3) is 0 Å². The molecule has 1 heterocycles. The van der Waals surface area contributed by atoms with E-state index in [4.69, 9.17) is 14.2 Å². The van der Waals surface area contributed by atoms with Gasteiger partial charge in [0.05, 0.1) is 6.61 Å². The number of ether oxygens (including phenoxy) is 3. The topological polar surface area (TPSA) is 72.4 Å². The zero-order valence-corrected chi connectivity index (χ0v) is 10.5. The second kappa shape index (κ2) is 5.73. The predicted molar refractivity (Wildman–Crippen MR) is 64.3 cm³/mol. The van der Waals surface area contributed by atoms with Crippen LogP contribution in [-0.4, -0.2) is 25.8 Å². The molecule has 0 unspecified atom stereocenters. The van der Waals surface area contributed by atoms with Crippen LogP contribution in [0.5, 0.6) is 11.5 Å². The van der Waals surface area contributed by atoms with Crippen LogP contribution in [0, 0.1) is 0 Å².